The van der Waals surface area contributed by atoms with Crippen LogP contribution < -0.4 is 5.82 Å². The van der Waals surface area contributed by atoms with E-state index in [4.69, 9.17) is 13.9 Å². The predicted molar refractivity (Wildman–Crippen MR) is 64.5 cm³/mol. The second-order valence-electron chi connectivity index (χ2n) is 5.03. The zero-order valence-corrected chi connectivity index (χ0v) is 11.3. The SMILES string of the molecule is Cc1oc(=O)oc1COC(=O)[C@@H]1C[C@H]1COC(C)C. The third-order valence-corrected chi connectivity index (χ3v) is 3.05. The number of ether oxygens (including phenoxy) is 2. The fraction of sp³-hybridized carbons (Fsp3) is 0.692. The van der Waals surface area contributed by atoms with Crippen LogP contribution in [0.5, 0.6) is 0 Å². The highest BCUT2D eigenvalue weighted by Gasteiger charge is 2.44. The Morgan fingerprint density at radius 1 is 1.42 bits per heavy atom. The van der Waals surface area contributed by atoms with Crippen LogP contribution in [0, 0.1) is 18.8 Å². The van der Waals surface area contributed by atoms with Gasteiger partial charge in [-0.25, -0.2) is 4.79 Å². The van der Waals surface area contributed by atoms with Gasteiger partial charge in [-0.05, 0) is 33.1 Å². The number of hydrogen-bond donors (Lipinski definition) is 0. The lowest BCUT2D eigenvalue weighted by atomic mass is 10.3. The maximum Gasteiger partial charge on any atom is 0.519 e. The molecule has 106 valence electrons. The highest BCUT2D eigenvalue weighted by atomic mass is 16.6. The first-order chi connectivity index (χ1) is 8.97. The van der Waals surface area contributed by atoms with E-state index in [1.807, 2.05) is 13.8 Å². The second-order valence-corrected chi connectivity index (χ2v) is 5.03. The zero-order valence-electron chi connectivity index (χ0n) is 11.3. The normalized spacial score (nSPS) is 21.7. The van der Waals surface area contributed by atoms with E-state index >= 15 is 0 Å². The smallest absolute Gasteiger partial charge is 0.457 e. The Morgan fingerprint density at radius 2 is 2.16 bits per heavy atom. The number of hydrogen-bond acceptors (Lipinski definition) is 6. The second kappa shape index (κ2) is 5.61. The third-order valence-electron chi connectivity index (χ3n) is 3.05. The Hall–Kier alpha value is -1.56. The van der Waals surface area contributed by atoms with Crippen molar-refractivity contribution >= 4 is 5.97 Å². The minimum atomic E-state index is -0.779. The van der Waals surface area contributed by atoms with Gasteiger partial charge in [-0.1, -0.05) is 0 Å². The summed E-state index contributed by atoms with van der Waals surface area (Å²) in [4.78, 5) is 22.5. The number of aryl methyl sites for hydroxylation is 1. The Morgan fingerprint density at radius 3 is 2.74 bits per heavy atom. The molecule has 0 bridgehead atoms. The molecule has 1 saturated carbocycles. The van der Waals surface area contributed by atoms with Crippen molar-refractivity contribution in [1.29, 1.82) is 0 Å². The van der Waals surface area contributed by atoms with Crippen LogP contribution in [-0.2, 0) is 20.9 Å². The summed E-state index contributed by atoms with van der Waals surface area (Å²) in [6, 6.07) is 0. The van der Waals surface area contributed by atoms with Crippen LogP contribution in [0.25, 0.3) is 0 Å². The van der Waals surface area contributed by atoms with Crippen LogP contribution >= 0.6 is 0 Å². The van der Waals surface area contributed by atoms with E-state index < -0.39 is 5.82 Å². The van der Waals surface area contributed by atoms with Gasteiger partial charge in [0.1, 0.15) is 0 Å². The molecule has 0 N–H and O–H groups in total. The van der Waals surface area contributed by atoms with Gasteiger partial charge in [0.05, 0.1) is 18.6 Å². The van der Waals surface area contributed by atoms with Gasteiger partial charge in [0, 0.05) is 0 Å². The number of carbonyl (C=O) groups excluding carboxylic acids is 1. The molecule has 0 saturated heterocycles. The van der Waals surface area contributed by atoms with Crippen LogP contribution in [0.2, 0.25) is 0 Å². The maximum absolute atomic E-state index is 11.7. The average Bonchev–Trinajstić information content (AvgIpc) is 3.04. The molecular weight excluding hydrogens is 252 g/mol. The van der Waals surface area contributed by atoms with Crippen molar-refractivity contribution in [3.63, 3.8) is 0 Å². The van der Waals surface area contributed by atoms with E-state index in [0.717, 1.165) is 6.42 Å². The van der Waals surface area contributed by atoms with E-state index in [-0.39, 0.29) is 36.3 Å². The lowest BCUT2D eigenvalue weighted by molar-refractivity contribution is -0.147. The van der Waals surface area contributed by atoms with Gasteiger partial charge in [-0.2, -0.15) is 0 Å². The van der Waals surface area contributed by atoms with E-state index in [1.54, 1.807) is 6.92 Å². The van der Waals surface area contributed by atoms with Crippen molar-refractivity contribution in [2.45, 2.75) is 39.9 Å². The van der Waals surface area contributed by atoms with Crippen molar-refractivity contribution in [1.82, 2.24) is 0 Å². The molecule has 0 amide bonds. The standard InChI is InChI=1S/C13H18O6/c1-7(2)16-5-9-4-10(9)12(14)17-6-11-8(3)18-13(15)19-11/h7,9-10H,4-6H2,1-3H3/t9-,10+/m0/s1. The molecule has 0 aromatic carbocycles. The first-order valence-corrected chi connectivity index (χ1v) is 6.35. The van der Waals surface area contributed by atoms with Gasteiger partial charge >= 0.3 is 11.8 Å². The topological polar surface area (TPSA) is 78.9 Å². The van der Waals surface area contributed by atoms with Crippen LogP contribution in [0.4, 0.5) is 0 Å². The summed E-state index contributed by atoms with van der Waals surface area (Å²) < 4.78 is 20.0. The molecule has 6 heteroatoms. The monoisotopic (exact) mass is 270 g/mol. The van der Waals surface area contributed by atoms with Gasteiger partial charge in [0.15, 0.2) is 18.1 Å². The molecule has 1 heterocycles. The molecule has 6 nitrogen and oxygen atoms in total. The summed E-state index contributed by atoms with van der Waals surface area (Å²) in [5, 5.41) is 0. The van der Waals surface area contributed by atoms with Gasteiger partial charge in [-0.15, -0.1) is 0 Å². The zero-order chi connectivity index (χ0) is 14.0. The molecule has 1 aromatic rings. The molecular formula is C13H18O6. The van der Waals surface area contributed by atoms with Crippen LogP contribution in [0.15, 0.2) is 13.6 Å². The number of rotatable bonds is 6. The van der Waals surface area contributed by atoms with E-state index in [2.05, 4.69) is 4.42 Å². The average molecular weight is 270 g/mol. The Labute approximate surface area is 110 Å². The summed E-state index contributed by atoms with van der Waals surface area (Å²) in [5.74, 6) is -0.314. The Kier molecular flexibility index (Phi) is 4.09. The van der Waals surface area contributed by atoms with Gasteiger partial charge in [0.25, 0.3) is 0 Å². The summed E-state index contributed by atoms with van der Waals surface area (Å²) >= 11 is 0. The predicted octanol–water partition coefficient (Wildman–Crippen LogP) is 1.65. The van der Waals surface area contributed by atoms with Crippen molar-refractivity contribution in [2.75, 3.05) is 6.61 Å². The fourth-order valence-corrected chi connectivity index (χ4v) is 1.79. The lowest BCUT2D eigenvalue weighted by Crippen LogP contribution is -2.12. The largest absolute Gasteiger partial charge is 0.519 e. The van der Waals surface area contributed by atoms with Crippen LogP contribution in [-0.4, -0.2) is 18.7 Å². The highest BCUT2D eigenvalue weighted by Crippen LogP contribution is 2.40. The lowest BCUT2D eigenvalue weighted by Gasteiger charge is -2.06. The fourth-order valence-electron chi connectivity index (χ4n) is 1.79. The van der Waals surface area contributed by atoms with Crippen molar-refractivity contribution in [3.05, 3.63) is 22.1 Å². The molecule has 1 aliphatic rings. The molecule has 0 unspecified atom stereocenters. The minimum absolute atomic E-state index is 0.0648. The molecule has 2 atom stereocenters. The quantitative estimate of drug-likeness (QED) is 0.731. The van der Waals surface area contributed by atoms with Gasteiger partial charge in [0.2, 0.25) is 0 Å². The molecule has 2 rings (SSSR count). The number of esters is 1. The summed E-state index contributed by atoms with van der Waals surface area (Å²) in [5.41, 5.74) is 0. The minimum Gasteiger partial charge on any atom is -0.457 e. The van der Waals surface area contributed by atoms with Gasteiger partial charge < -0.3 is 18.3 Å². The van der Waals surface area contributed by atoms with Crippen LogP contribution in [0.1, 0.15) is 31.8 Å². The summed E-state index contributed by atoms with van der Waals surface area (Å²) in [6.07, 6.45) is 0.958. The third kappa shape index (κ3) is 3.70. The van der Waals surface area contributed by atoms with Crippen molar-refractivity contribution in [3.8, 4) is 0 Å². The molecule has 19 heavy (non-hydrogen) atoms. The molecule has 0 radical (unpaired) electrons. The van der Waals surface area contributed by atoms with E-state index in [0.29, 0.717) is 12.4 Å². The van der Waals surface area contributed by atoms with Crippen molar-refractivity contribution in [2.24, 2.45) is 11.8 Å². The molecule has 1 aliphatic carbocycles. The summed E-state index contributed by atoms with van der Waals surface area (Å²) in [7, 11) is 0. The molecule has 0 aliphatic heterocycles. The van der Waals surface area contributed by atoms with Crippen LogP contribution in [0.3, 0.4) is 0 Å². The van der Waals surface area contributed by atoms with E-state index in [1.165, 1.54) is 0 Å². The van der Waals surface area contributed by atoms with Crippen molar-refractivity contribution < 1.29 is 23.1 Å². The number of carbonyl (C=O) groups is 1. The van der Waals surface area contributed by atoms with E-state index in [9.17, 15) is 9.59 Å². The maximum atomic E-state index is 11.7. The summed E-state index contributed by atoms with van der Waals surface area (Å²) in [6.45, 7) is 6.02. The molecule has 1 aromatic heterocycles. The highest BCUT2D eigenvalue weighted by molar-refractivity contribution is 5.75. The molecule has 0 spiro atoms. The Balaban J connectivity index is 1.74. The Bertz CT molecular complexity index is 497. The van der Waals surface area contributed by atoms with Gasteiger partial charge in [-0.3, -0.25) is 4.79 Å². The first-order valence-electron chi connectivity index (χ1n) is 6.35. The molecule has 1 fully saturated rings. The first kappa shape index (κ1) is 13.9.